The Morgan fingerprint density at radius 3 is 2.83 bits per heavy atom. The summed E-state index contributed by atoms with van der Waals surface area (Å²) >= 11 is 3.60. The highest BCUT2D eigenvalue weighted by Gasteiger charge is 2.24. The summed E-state index contributed by atoms with van der Waals surface area (Å²) in [6.07, 6.45) is 5.86. The average Bonchev–Trinajstić information content (AvgIpc) is 2.41. The summed E-state index contributed by atoms with van der Waals surface area (Å²) in [6.45, 7) is 0. The molecule has 4 nitrogen and oxygen atoms in total. The van der Waals surface area contributed by atoms with Gasteiger partial charge in [-0.2, -0.15) is 5.26 Å². The zero-order valence-electron chi connectivity index (χ0n) is 9.90. The van der Waals surface area contributed by atoms with Crippen molar-refractivity contribution in [2.45, 2.75) is 36.6 Å². The molecule has 0 bridgehead atoms. The quantitative estimate of drug-likeness (QED) is 0.853. The second kappa shape index (κ2) is 5.96. The maximum atomic E-state index is 12.0. The molecular weight excluding hydrogens is 294 g/mol. The molecule has 0 spiro atoms. The number of hydrogen-bond acceptors (Lipinski definition) is 3. The van der Waals surface area contributed by atoms with Crippen LogP contribution in [0.1, 0.15) is 41.7 Å². The van der Waals surface area contributed by atoms with Crippen molar-refractivity contribution in [2.24, 2.45) is 0 Å². The van der Waals surface area contributed by atoms with E-state index in [2.05, 4.69) is 26.2 Å². The van der Waals surface area contributed by atoms with Gasteiger partial charge >= 0.3 is 0 Å². The predicted octanol–water partition coefficient (Wildman–Crippen LogP) is 2.39. The van der Waals surface area contributed by atoms with Crippen LogP contribution in [0.4, 0.5) is 0 Å². The van der Waals surface area contributed by atoms with E-state index in [-0.39, 0.29) is 11.9 Å². The number of nitrogens with one attached hydrogen (secondary N) is 1. The molecule has 1 saturated carbocycles. The van der Waals surface area contributed by atoms with E-state index in [1.165, 1.54) is 12.6 Å². The van der Waals surface area contributed by atoms with Crippen molar-refractivity contribution in [3.8, 4) is 6.07 Å². The van der Waals surface area contributed by atoms with E-state index in [9.17, 15) is 4.79 Å². The molecule has 1 aromatic heterocycles. The standard InChI is InChI=1S/C13H14BrN3O/c14-10-3-1-2-4-11(10)17-13(18)12-6-5-9(7-15)8-16-12/h5-6,8,10-11H,1-4H2,(H,17,18). The number of rotatable bonds is 2. The molecule has 2 atom stereocenters. The highest BCUT2D eigenvalue weighted by Crippen LogP contribution is 2.24. The number of carbonyl (C=O) groups is 1. The van der Waals surface area contributed by atoms with E-state index < -0.39 is 0 Å². The van der Waals surface area contributed by atoms with E-state index in [1.807, 2.05) is 6.07 Å². The van der Waals surface area contributed by atoms with Gasteiger partial charge < -0.3 is 5.32 Å². The Morgan fingerprint density at radius 1 is 1.44 bits per heavy atom. The lowest BCUT2D eigenvalue weighted by molar-refractivity contribution is 0.0925. The van der Waals surface area contributed by atoms with Crippen molar-refractivity contribution in [1.82, 2.24) is 10.3 Å². The number of nitriles is 1. The summed E-state index contributed by atoms with van der Waals surface area (Å²) in [5.41, 5.74) is 0.821. The SMILES string of the molecule is N#Cc1ccc(C(=O)NC2CCCCC2Br)nc1. The van der Waals surface area contributed by atoms with Crippen LogP contribution >= 0.6 is 15.9 Å². The molecule has 1 aliphatic rings. The molecule has 18 heavy (non-hydrogen) atoms. The molecule has 1 N–H and O–H groups in total. The Bertz CT molecular complexity index is 466. The maximum Gasteiger partial charge on any atom is 0.270 e. The fourth-order valence-electron chi connectivity index (χ4n) is 2.08. The van der Waals surface area contributed by atoms with Crippen molar-refractivity contribution in [3.05, 3.63) is 29.6 Å². The molecular formula is C13H14BrN3O. The van der Waals surface area contributed by atoms with Gasteiger partial charge in [0.15, 0.2) is 0 Å². The van der Waals surface area contributed by atoms with Gasteiger partial charge in [-0.1, -0.05) is 28.8 Å². The fraction of sp³-hybridized carbons (Fsp3) is 0.462. The first-order valence-electron chi connectivity index (χ1n) is 6.02. The summed E-state index contributed by atoms with van der Waals surface area (Å²) in [7, 11) is 0. The van der Waals surface area contributed by atoms with Crippen molar-refractivity contribution in [3.63, 3.8) is 0 Å². The molecule has 2 rings (SSSR count). The number of carbonyl (C=O) groups excluding carboxylic acids is 1. The zero-order chi connectivity index (χ0) is 13.0. The second-order valence-electron chi connectivity index (χ2n) is 4.42. The van der Waals surface area contributed by atoms with Gasteiger partial charge in [-0.15, -0.1) is 0 Å². The molecule has 1 fully saturated rings. The summed E-state index contributed by atoms with van der Waals surface area (Å²) < 4.78 is 0. The van der Waals surface area contributed by atoms with Crippen LogP contribution < -0.4 is 5.32 Å². The largest absolute Gasteiger partial charge is 0.347 e. The maximum absolute atomic E-state index is 12.0. The Hall–Kier alpha value is -1.41. The smallest absolute Gasteiger partial charge is 0.270 e. The first-order valence-corrected chi connectivity index (χ1v) is 6.93. The van der Waals surface area contributed by atoms with Gasteiger partial charge in [0, 0.05) is 17.1 Å². The number of amides is 1. The molecule has 0 saturated heterocycles. The summed E-state index contributed by atoms with van der Waals surface area (Å²) in [6, 6.07) is 5.34. The van der Waals surface area contributed by atoms with Crippen LogP contribution in [0, 0.1) is 11.3 Å². The summed E-state index contributed by atoms with van der Waals surface area (Å²) in [5.74, 6) is -0.171. The highest BCUT2D eigenvalue weighted by molar-refractivity contribution is 9.09. The Morgan fingerprint density at radius 2 is 2.22 bits per heavy atom. The molecule has 1 aromatic rings. The van der Waals surface area contributed by atoms with Gasteiger partial charge in [-0.25, -0.2) is 4.98 Å². The van der Waals surface area contributed by atoms with Crippen molar-refractivity contribution in [2.75, 3.05) is 0 Å². The van der Waals surface area contributed by atoms with E-state index >= 15 is 0 Å². The number of halogens is 1. The van der Waals surface area contributed by atoms with Gasteiger partial charge in [-0.3, -0.25) is 4.79 Å². The first-order chi connectivity index (χ1) is 8.70. The number of aromatic nitrogens is 1. The van der Waals surface area contributed by atoms with Gasteiger partial charge in [0.25, 0.3) is 5.91 Å². The molecule has 2 unspecified atom stereocenters. The Kier molecular flexibility index (Phi) is 4.32. The number of pyridine rings is 1. The minimum atomic E-state index is -0.171. The molecule has 94 valence electrons. The molecule has 5 heteroatoms. The Labute approximate surface area is 115 Å². The van der Waals surface area contributed by atoms with E-state index in [0.717, 1.165) is 19.3 Å². The second-order valence-corrected chi connectivity index (χ2v) is 5.60. The zero-order valence-corrected chi connectivity index (χ0v) is 11.5. The molecule has 1 heterocycles. The average molecular weight is 308 g/mol. The first kappa shape index (κ1) is 13.0. The van der Waals surface area contributed by atoms with E-state index in [1.54, 1.807) is 12.1 Å². The summed E-state index contributed by atoms with van der Waals surface area (Å²) in [5, 5.41) is 11.7. The van der Waals surface area contributed by atoms with Crippen LogP contribution in [0.3, 0.4) is 0 Å². The predicted molar refractivity (Wildman–Crippen MR) is 71.4 cm³/mol. The lowest BCUT2D eigenvalue weighted by atomic mass is 9.95. The third-order valence-corrected chi connectivity index (χ3v) is 4.22. The number of hydrogen-bond donors (Lipinski definition) is 1. The lowest BCUT2D eigenvalue weighted by Crippen LogP contribution is -2.42. The topological polar surface area (TPSA) is 65.8 Å². The van der Waals surface area contributed by atoms with Crippen molar-refractivity contribution < 1.29 is 4.79 Å². The number of nitrogens with zero attached hydrogens (tertiary/aromatic N) is 2. The lowest BCUT2D eigenvalue weighted by Gasteiger charge is -2.27. The molecule has 1 amide bonds. The van der Waals surface area contributed by atoms with Crippen LogP contribution in [0.2, 0.25) is 0 Å². The van der Waals surface area contributed by atoms with Crippen LogP contribution in [0.15, 0.2) is 18.3 Å². The van der Waals surface area contributed by atoms with Crippen LogP contribution in [-0.2, 0) is 0 Å². The highest BCUT2D eigenvalue weighted by atomic mass is 79.9. The third kappa shape index (κ3) is 3.08. The minimum Gasteiger partial charge on any atom is -0.347 e. The normalized spacial score (nSPS) is 23.1. The van der Waals surface area contributed by atoms with Gasteiger partial charge in [0.2, 0.25) is 0 Å². The van der Waals surface area contributed by atoms with Gasteiger partial charge in [0.05, 0.1) is 5.56 Å². The fourth-order valence-corrected chi connectivity index (χ4v) is 2.81. The molecule has 0 radical (unpaired) electrons. The van der Waals surface area contributed by atoms with E-state index in [0.29, 0.717) is 16.1 Å². The molecule has 1 aliphatic carbocycles. The molecule has 0 aromatic carbocycles. The van der Waals surface area contributed by atoms with E-state index in [4.69, 9.17) is 5.26 Å². The van der Waals surface area contributed by atoms with Gasteiger partial charge in [-0.05, 0) is 25.0 Å². The van der Waals surface area contributed by atoms with Crippen LogP contribution in [0.25, 0.3) is 0 Å². The number of alkyl halides is 1. The Balaban J connectivity index is 2.00. The van der Waals surface area contributed by atoms with Crippen molar-refractivity contribution in [1.29, 1.82) is 5.26 Å². The van der Waals surface area contributed by atoms with Crippen molar-refractivity contribution >= 4 is 21.8 Å². The van der Waals surface area contributed by atoms with Gasteiger partial charge in [0.1, 0.15) is 11.8 Å². The third-order valence-electron chi connectivity index (χ3n) is 3.12. The molecule has 0 aliphatic heterocycles. The monoisotopic (exact) mass is 307 g/mol. The summed E-state index contributed by atoms with van der Waals surface area (Å²) in [4.78, 5) is 16.3. The van der Waals surface area contributed by atoms with Crippen LogP contribution in [-0.4, -0.2) is 21.8 Å². The van der Waals surface area contributed by atoms with Crippen LogP contribution in [0.5, 0.6) is 0 Å². The minimum absolute atomic E-state index is 0.170.